The summed E-state index contributed by atoms with van der Waals surface area (Å²) in [4.78, 5) is 74.0. The Kier molecular flexibility index (Phi) is 16.6. The number of anilines is 1. The number of amides is 4. The molecule has 0 saturated carbocycles. The summed E-state index contributed by atoms with van der Waals surface area (Å²) in [5, 5.41) is 24.0. The van der Waals surface area contributed by atoms with E-state index < -0.39 is 29.4 Å². The Morgan fingerprint density at radius 2 is 1.60 bits per heavy atom. The summed E-state index contributed by atoms with van der Waals surface area (Å²) in [5.74, 6) is -0.693. The minimum atomic E-state index is -0.872. The van der Waals surface area contributed by atoms with Gasteiger partial charge in [0.1, 0.15) is 40.4 Å². The molecule has 3 aromatic carbocycles. The molecule has 4 amide bonds. The van der Waals surface area contributed by atoms with Gasteiger partial charge in [-0.1, -0.05) is 88.9 Å². The number of H-pyrrole nitrogens is 1. The molecule has 0 aliphatic carbocycles. The highest BCUT2D eigenvalue weighted by atomic mass is 32.1. The van der Waals surface area contributed by atoms with E-state index in [9.17, 15) is 28.7 Å². The van der Waals surface area contributed by atoms with E-state index in [1.54, 1.807) is 29.7 Å². The lowest BCUT2D eigenvalue weighted by molar-refractivity contribution is -0.144. The summed E-state index contributed by atoms with van der Waals surface area (Å²) < 4.78 is 20.2. The van der Waals surface area contributed by atoms with Gasteiger partial charge in [0.25, 0.3) is 0 Å². The number of ether oxygens (including phenoxy) is 1. The molecule has 8 rings (SSSR count). The van der Waals surface area contributed by atoms with Gasteiger partial charge in [-0.2, -0.15) is 5.10 Å². The average molecular weight is 1000 g/mol. The number of aromatic nitrogens is 5. The van der Waals surface area contributed by atoms with E-state index in [2.05, 4.69) is 40.7 Å². The van der Waals surface area contributed by atoms with Crippen molar-refractivity contribution in [1.82, 2.24) is 45.6 Å². The number of aromatic amines is 1. The summed E-state index contributed by atoms with van der Waals surface area (Å²) in [5.41, 5.74) is 8.04. The normalized spacial score (nSPS) is 16.5. The van der Waals surface area contributed by atoms with Gasteiger partial charge in [0.15, 0.2) is 5.82 Å². The van der Waals surface area contributed by atoms with Gasteiger partial charge in [0.05, 0.1) is 41.1 Å². The van der Waals surface area contributed by atoms with E-state index in [-0.39, 0.29) is 60.9 Å². The molecule has 4 N–H and O–H groups in total. The fourth-order valence-electron chi connectivity index (χ4n) is 9.51. The van der Waals surface area contributed by atoms with Gasteiger partial charge in [-0.25, -0.2) is 19.3 Å². The van der Waals surface area contributed by atoms with Crippen LogP contribution in [0.25, 0.3) is 44.1 Å². The quantitative estimate of drug-likeness (QED) is 0.0577. The molecule has 380 valence electrons. The van der Waals surface area contributed by atoms with Crippen LogP contribution in [0.15, 0.2) is 78.4 Å². The topological polar surface area (TPSA) is 199 Å². The molecule has 3 aromatic heterocycles. The van der Waals surface area contributed by atoms with Crippen LogP contribution in [0.3, 0.4) is 0 Å². The number of piperazine rings is 1. The molecule has 0 spiro atoms. The van der Waals surface area contributed by atoms with Crippen molar-refractivity contribution >= 4 is 51.7 Å². The molecular formula is C54H65FN10O6S. The summed E-state index contributed by atoms with van der Waals surface area (Å²) in [6, 6.07) is 18.9. The van der Waals surface area contributed by atoms with Crippen molar-refractivity contribution in [2.45, 2.75) is 110 Å². The van der Waals surface area contributed by atoms with Gasteiger partial charge in [-0.15, -0.1) is 11.3 Å². The van der Waals surface area contributed by atoms with Crippen LogP contribution in [0.4, 0.5) is 10.1 Å². The number of thiazole rings is 1. The van der Waals surface area contributed by atoms with Crippen molar-refractivity contribution in [3.8, 4) is 38.8 Å². The van der Waals surface area contributed by atoms with Crippen molar-refractivity contribution in [2.24, 2.45) is 5.41 Å². The van der Waals surface area contributed by atoms with Gasteiger partial charge >= 0.3 is 0 Å². The zero-order chi connectivity index (χ0) is 50.9. The number of aryl methyl sites for hydroxylation is 1. The maximum Gasteiger partial charge on any atom is 0.246 e. The number of unbranched alkanes of at least 4 members (excludes halogenated alkanes) is 5. The van der Waals surface area contributed by atoms with Gasteiger partial charge in [-0.05, 0) is 60.6 Å². The molecule has 72 heavy (non-hydrogen) atoms. The molecule has 2 aliphatic heterocycles. The Labute approximate surface area is 423 Å². The molecule has 2 aliphatic rings. The average Bonchev–Trinajstić information content (AvgIpc) is 4.13. The highest BCUT2D eigenvalue weighted by molar-refractivity contribution is 7.13. The molecule has 2 saturated heterocycles. The number of nitrogens with zero attached hydrogens (tertiary/aromatic N) is 7. The summed E-state index contributed by atoms with van der Waals surface area (Å²) in [6.07, 6.45) is 6.81. The first kappa shape index (κ1) is 51.6. The Morgan fingerprint density at radius 1 is 0.903 bits per heavy atom. The minimum absolute atomic E-state index is 0.0191. The number of hydrogen-bond donors (Lipinski definition) is 4. The number of carbonyl (C=O) groups excluding carboxylic acids is 4. The fourth-order valence-corrected chi connectivity index (χ4v) is 10.3. The number of β-amino-alcohol motifs (C(OH)–C–C–N with tert-alkyl or cyclic N) is 1. The van der Waals surface area contributed by atoms with Crippen LogP contribution < -0.4 is 20.3 Å². The van der Waals surface area contributed by atoms with Gasteiger partial charge < -0.3 is 35.2 Å². The molecule has 0 unspecified atom stereocenters. The van der Waals surface area contributed by atoms with Crippen LogP contribution in [0, 0.1) is 18.2 Å². The Bertz CT molecular complexity index is 2840. The third kappa shape index (κ3) is 12.3. The third-order valence-electron chi connectivity index (χ3n) is 13.6. The first-order valence-corrected chi connectivity index (χ1v) is 25.8. The monoisotopic (exact) mass is 1000 g/mol. The number of halogens is 1. The van der Waals surface area contributed by atoms with Crippen LogP contribution >= 0.6 is 11.3 Å². The van der Waals surface area contributed by atoms with Crippen LogP contribution in [0.5, 0.6) is 5.75 Å². The number of aliphatic hydroxyl groups excluding tert-OH is 1. The summed E-state index contributed by atoms with van der Waals surface area (Å²) in [6.45, 7) is 10.7. The Morgan fingerprint density at radius 3 is 2.28 bits per heavy atom. The zero-order valence-electron chi connectivity index (χ0n) is 41.7. The second kappa shape index (κ2) is 23.2. The van der Waals surface area contributed by atoms with Crippen LogP contribution in [0.2, 0.25) is 0 Å². The second-order valence-electron chi connectivity index (χ2n) is 19.8. The number of carbonyl (C=O) groups is 4. The van der Waals surface area contributed by atoms with E-state index >= 15 is 0 Å². The lowest BCUT2D eigenvalue weighted by Gasteiger charge is -2.36. The number of rotatable bonds is 19. The van der Waals surface area contributed by atoms with E-state index in [0.29, 0.717) is 48.4 Å². The summed E-state index contributed by atoms with van der Waals surface area (Å²) in [7, 11) is 1.48. The number of likely N-dealkylation sites (tertiary alicyclic amines) is 1. The highest BCUT2D eigenvalue weighted by Crippen LogP contribution is 2.34. The lowest BCUT2D eigenvalue weighted by atomic mass is 9.85. The lowest BCUT2D eigenvalue weighted by Crippen LogP contribution is -2.57. The molecule has 0 bridgehead atoms. The van der Waals surface area contributed by atoms with E-state index in [4.69, 9.17) is 4.74 Å². The van der Waals surface area contributed by atoms with Crippen molar-refractivity contribution < 1.29 is 33.4 Å². The van der Waals surface area contributed by atoms with Crippen molar-refractivity contribution in [2.75, 3.05) is 44.7 Å². The Balaban J connectivity index is 0.718. The molecule has 16 nitrogen and oxygen atoms in total. The standard InChI is InChI=1S/C54H65FN10O6S/c1-34-49(72-33-58-34)37-19-17-35(18-20-37)30-57-52(69)42-29-39(66)32-65(42)53(70)50(54(2,3)4)59-44(67)15-10-8-6-7-9-11-16-45(68)64-27-25-63(26-28-64)38-23-21-36(22-24-38)47-48-41(61-62-47)31-56-51(60-48)46-40(55)13-12-14-43(46)71-5/h12-14,17-24,31,33,39,42,50,66H,6-11,15-16,25-30,32H2,1-5H3,(H,57,69)(H,59,67)(H,61,62)/t39-,42+,50-/m1/s1. The number of fused-ring (bicyclic) bond motifs is 1. The van der Waals surface area contributed by atoms with Crippen molar-refractivity contribution in [3.05, 3.63) is 95.5 Å². The maximum absolute atomic E-state index is 14.8. The number of aliphatic hydroxyl groups is 1. The third-order valence-corrected chi connectivity index (χ3v) is 14.6. The minimum Gasteiger partial charge on any atom is -0.496 e. The molecule has 5 heterocycles. The SMILES string of the molecule is COc1cccc(F)c1-c1ncc2[nH]nc(-c3ccc(N4CCN(C(=O)CCCCCCCCC(=O)N[C@H](C(=O)N5C[C@H](O)C[C@H]5C(=O)NCc5ccc(-c6scnc6C)cc5)C(C)(C)C)CC4)cc3)c2n1. The van der Waals surface area contributed by atoms with Crippen LogP contribution in [-0.4, -0.2) is 122 Å². The molecule has 6 aromatic rings. The van der Waals surface area contributed by atoms with Gasteiger partial charge in [0, 0.05) is 69.8 Å². The summed E-state index contributed by atoms with van der Waals surface area (Å²) >= 11 is 1.58. The van der Waals surface area contributed by atoms with E-state index in [1.807, 2.05) is 86.6 Å². The highest BCUT2D eigenvalue weighted by Gasteiger charge is 2.44. The maximum atomic E-state index is 14.8. The van der Waals surface area contributed by atoms with E-state index in [0.717, 1.165) is 78.1 Å². The predicted molar refractivity (Wildman–Crippen MR) is 276 cm³/mol. The van der Waals surface area contributed by atoms with Gasteiger partial charge in [0.2, 0.25) is 23.6 Å². The molecule has 2 fully saturated rings. The first-order chi connectivity index (χ1) is 34.7. The molecular weight excluding hydrogens is 936 g/mol. The second-order valence-corrected chi connectivity index (χ2v) is 20.7. The van der Waals surface area contributed by atoms with Crippen LogP contribution in [-0.2, 0) is 25.7 Å². The van der Waals surface area contributed by atoms with Crippen molar-refractivity contribution in [3.63, 3.8) is 0 Å². The largest absolute Gasteiger partial charge is 0.496 e. The predicted octanol–water partition coefficient (Wildman–Crippen LogP) is 7.85. The van der Waals surface area contributed by atoms with Gasteiger partial charge in [-0.3, -0.25) is 24.3 Å². The number of benzene rings is 3. The van der Waals surface area contributed by atoms with Crippen LogP contribution in [0.1, 0.15) is 89.8 Å². The number of methoxy groups -OCH3 is 1. The smallest absolute Gasteiger partial charge is 0.246 e. The number of hydrogen-bond acceptors (Lipinski definition) is 12. The molecule has 18 heteroatoms. The zero-order valence-corrected chi connectivity index (χ0v) is 42.6. The fraction of sp³-hybridized carbons (Fsp3) is 0.444. The Hall–Kier alpha value is -6.79. The number of nitrogens with one attached hydrogen (secondary N) is 3. The molecule has 0 radical (unpaired) electrons. The van der Waals surface area contributed by atoms with E-state index in [1.165, 1.54) is 18.1 Å². The van der Waals surface area contributed by atoms with Crippen molar-refractivity contribution in [1.29, 1.82) is 0 Å². The first-order valence-electron chi connectivity index (χ1n) is 24.9. The molecule has 3 atom stereocenters.